The van der Waals surface area contributed by atoms with Crippen molar-refractivity contribution in [2.45, 2.75) is 48.0 Å². The van der Waals surface area contributed by atoms with Gasteiger partial charge in [0.05, 0.1) is 6.42 Å². The summed E-state index contributed by atoms with van der Waals surface area (Å²) >= 11 is 0. The number of rotatable bonds is 2. The molecule has 0 unspecified atom stereocenters. The number of Topliss-reactive ketones (excluding diaryl/α,β-unsaturated/α-hetero) is 2. The predicted molar refractivity (Wildman–Crippen MR) is 53.5 cm³/mol. The standard InChI is InChI=1S/C11H20O2.Hf/c1-10(2,3)8(12)7-9(13)11(4,5)6;/h7H2,1-6H3;/q;+4. The van der Waals surface area contributed by atoms with Crippen molar-refractivity contribution in [2.75, 3.05) is 0 Å². The van der Waals surface area contributed by atoms with Crippen molar-refractivity contribution in [3.63, 3.8) is 0 Å². The first kappa shape index (κ1) is 16.6. The Balaban J connectivity index is 0. The number of ketones is 2. The minimum Gasteiger partial charge on any atom is -0.299 e. The van der Waals surface area contributed by atoms with E-state index in [0.29, 0.717) is 0 Å². The van der Waals surface area contributed by atoms with E-state index in [1.165, 1.54) is 0 Å². The SMILES string of the molecule is CC(C)(C)C(=O)CC(=O)C(C)(C)C.[Hf+4]. The van der Waals surface area contributed by atoms with Crippen LogP contribution in [0.4, 0.5) is 0 Å². The van der Waals surface area contributed by atoms with Crippen molar-refractivity contribution in [3.8, 4) is 0 Å². The molecule has 0 rings (SSSR count). The zero-order valence-corrected chi connectivity index (χ0v) is 13.6. The van der Waals surface area contributed by atoms with Crippen molar-refractivity contribution >= 4 is 11.6 Å². The molecule has 3 heteroatoms. The first-order chi connectivity index (χ1) is 5.55. The quantitative estimate of drug-likeness (QED) is 0.559. The summed E-state index contributed by atoms with van der Waals surface area (Å²) in [5.41, 5.74) is -0.804. The summed E-state index contributed by atoms with van der Waals surface area (Å²) in [5.74, 6) is 0.0415. The number of carbonyl (C=O) groups excluding carboxylic acids is 2. The van der Waals surface area contributed by atoms with E-state index in [-0.39, 0.29) is 43.8 Å². The van der Waals surface area contributed by atoms with Crippen molar-refractivity contribution in [1.82, 2.24) is 0 Å². The molecule has 0 atom stereocenters. The molecule has 0 saturated heterocycles. The van der Waals surface area contributed by atoms with Gasteiger partial charge in [-0.15, -0.1) is 0 Å². The van der Waals surface area contributed by atoms with E-state index >= 15 is 0 Å². The number of carbonyl (C=O) groups is 2. The van der Waals surface area contributed by atoms with Gasteiger partial charge in [0, 0.05) is 10.8 Å². The Bertz CT molecular complexity index is 194. The average molecular weight is 363 g/mol. The van der Waals surface area contributed by atoms with Gasteiger partial charge in [0.1, 0.15) is 11.6 Å². The van der Waals surface area contributed by atoms with Crippen LogP contribution in [0.1, 0.15) is 48.0 Å². The van der Waals surface area contributed by atoms with Crippen LogP contribution in [0.3, 0.4) is 0 Å². The molecule has 0 aliphatic rings. The molecule has 76 valence electrons. The molecule has 0 saturated carbocycles. The maximum Gasteiger partial charge on any atom is 4.00 e. The van der Waals surface area contributed by atoms with Crippen LogP contribution in [-0.2, 0) is 35.4 Å². The van der Waals surface area contributed by atoms with E-state index in [2.05, 4.69) is 0 Å². The van der Waals surface area contributed by atoms with Crippen molar-refractivity contribution in [2.24, 2.45) is 10.8 Å². The molecule has 0 bridgehead atoms. The second kappa shape index (κ2) is 5.34. The Morgan fingerprint density at radius 1 is 0.786 bits per heavy atom. The van der Waals surface area contributed by atoms with E-state index in [1.807, 2.05) is 41.5 Å². The third kappa shape index (κ3) is 5.84. The second-order valence-corrected chi connectivity index (χ2v) is 5.52. The fourth-order valence-corrected chi connectivity index (χ4v) is 0.676. The summed E-state index contributed by atoms with van der Waals surface area (Å²) in [6.07, 6.45) is 0.0625. The van der Waals surface area contributed by atoms with E-state index in [9.17, 15) is 9.59 Å². The molecule has 0 aliphatic heterocycles. The molecule has 0 radical (unpaired) electrons. The Morgan fingerprint density at radius 2 is 1.00 bits per heavy atom. The zero-order valence-electron chi connectivity index (χ0n) is 10.0. The van der Waals surface area contributed by atoms with Crippen molar-refractivity contribution < 1.29 is 35.4 Å². The van der Waals surface area contributed by atoms with Crippen LogP contribution < -0.4 is 0 Å². The maximum atomic E-state index is 11.5. The maximum absolute atomic E-state index is 11.5. The van der Waals surface area contributed by atoms with Crippen LogP contribution in [0.25, 0.3) is 0 Å². The molecule has 0 aromatic carbocycles. The summed E-state index contributed by atoms with van der Waals surface area (Å²) in [5, 5.41) is 0. The van der Waals surface area contributed by atoms with Gasteiger partial charge >= 0.3 is 25.8 Å². The van der Waals surface area contributed by atoms with Crippen LogP contribution in [0.15, 0.2) is 0 Å². The summed E-state index contributed by atoms with van der Waals surface area (Å²) < 4.78 is 0. The summed E-state index contributed by atoms with van der Waals surface area (Å²) in [6.45, 7) is 11.0. The summed E-state index contributed by atoms with van der Waals surface area (Å²) in [7, 11) is 0. The van der Waals surface area contributed by atoms with Crippen LogP contribution in [0.2, 0.25) is 0 Å². The molecule has 0 heterocycles. The fraction of sp³-hybridized carbons (Fsp3) is 0.818. The van der Waals surface area contributed by atoms with Gasteiger partial charge < -0.3 is 0 Å². The molecule has 0 aromatic heterocycles. The van der Waals surface area contributed by atoms with Gasteiger partial charge in [-0.3, -0.25) is 9.59 Å². The summed E-state index contributed by atoms with van der Waals surface area (Å²) in [6, 6.07) is 0. The molecule has 0 aliphatic carbocycles. The van der Waals surface area contributed by atoms with Gasteiger partial charge in [-0.1, -0.05) is 41.5 Å². The van der Waals surface area contributed by atoms with E-state index in [4.69, 9.17) is 0 Å². The second-order valence-electron chi connectivity index (χ2n) is 5.52. The first-order valence-electron chi connectivity index (χ1n) is 4.62. The molecule has 0 amide bonds. The van der Waals surface area contributed by atoms with Gasteiger partial charge in [0.2, 0.25) is 0 Å². The van der Waals surface area contributed by atoms with Crippen molar-refractivity contribution in [1.29, 1.82) is 0 Å². The van der Waals surface area contributed by atoms with Gasteiger partial charge in [-0.05, 0) is 0 Å². The molecule has 0 N–H and O–H groups in total. The van der Waals surface area contributed by atoms with Gasteiger partial charge in [-0.2, -0.15) is 0 Å². The van der Waals surface area contributed by atoms with E-state index < -0.39 is 10.8 Å². The Labute approximate surface area is 106 Å². The number of hydrogen-bond donors (Lipinski definition) is 0. The van der Waals surface area contributed by atoms with E-state index in [1.54, 1.807) is 0 Å². The Morgan fingerprint density at radius 3 is 1.14 bits per heavy atom. The Hall–Kier alpha value is 0.210. The molecule has 0 spiro atoms. The average Bonchev–Trinajstić information content (AvgIpc) is 1.82. The summed E-state index contributed by atoms with van der Waals surface area (Å²) in [4.78, 5) is 23.0. The van der Waals surface area contributed by atoms with Crippen LogP contribution >= 0.6 is 0 Å². The number of hydrogen-bond acceptors (Lipinski definition) is 2. The first-order valence-corrected chi connectivity index (χ1v) is 4.62. The van der Waals surface area contributed by atoms with E-state index in [0.717, 1.165) is 0 Å². The van der Waals surface area contributed by atoms with Gasteiger partial charge in [-0.25, -0.2) is 0 Å². The molecular formula is C11H20HfO2+4. The Kier molecular flexibility index (Phi) is 6.34. The predicted octanol–water partition coefficient (Wildman–Crippen LogP) is 2.60. The third-order valence-electron chi connectivity index (χ3n) is 1.99. The molecular weight excluding hydrogens is 343 g/mol. The van der Waals surface area contributed by atoms with Crippen LogP contribution in [0.5, 0.6) is 0 Å². The minimum atomic E-state index is -0.402. The van der Waals surface area contributed by atoms with Gasteiger partial charge in [0.25, 0.3) is 0 Å². The molecule has 2 nitrogen and oxygen atoms in total. The third-order valence-corrected chi connectivity index (χ3v) is 1.99. The normalized spacial score (nSPS) is 11.9. The molecule has 0 fully saturated rings. The smallest absolute Gasteiger partial charge is 0.299 e. The zero-order chi connectivity index (χ0) is 10.9. The van der Waals surface area contributed by atoms with Crippen molar-refractivity contribution in [3.05, 3.63) is 0 Å². The fourth-order valence-electron chi connectivity index (χ4n) is 0.676. The van der Waals surface area contributed by atoms with Crippen LogP contribution in [-0.4, -0.2) is 11.6 Å². The van der Waals surface area contributed by atoms with Crippen LogP contribution in [0, 0.1) is 10.8 Å². The monoisotopic (exact) mass is 364 g/mol. The molecule has 0 aromatic rings. The topological polar surface area (TPSA) is 34.1 Å². The largest absolute Gasteiger partial charge is 4.00 e. The van der Waals surface area contributed by atoms with Gasteiger partial charge in [0.15, 0.2) is 0 Å². The molecule has 14 heavy (non-hydrogen) atoms. The minimum absolute atomic E-state index is 0.